The first-order valence-corrected chi connectivity index (χ1v) is 11.2. The summed E-state index contributed by atoms with van der Waals surface area (Å²) < 4.78 is 12.1. The topological polar surface area (TPSA) is 132 Å². The average molecular weight is 479 g/mol. The third-order valence-electron chi connectivity index (χ3n) is 5.73. The number of amides is 2. The van der Waals surface area contributed by atoms with Crippen molar-refractivity contribution in [2.24, 2.45) is 7.05 Å². The Balaban J connectivity index is 1.33. The molecule has 1 aromatic heterocycles. The summed E-state index contributed by atoms with van der Waals surface area (Å²) in [6, 6.07) is 16.1. The number of carboxylic acids is 1. The predicted molar refractivity (Wildman–Crippen MR) is 127 cm³/mol. The Bertz CT molecular complexity index is 1190. The lowest BCUT2D eigenvalue weighted by Crippen LogP contribution is -2.30. The van der Waals surface area contributed by atoms with Gasteiger partial charge in [0.2, 0.25) is 0 Å². The first-order chi connectivity index (χ1) is 17.0. The monoisotopic (exact) mass is 478 g/mol. The van der Waals surface area contributed by atoms with Crippen LogP contribution in [-0.4, -0.2) is 59.2 Å². The van der Waals surface area contributed by atoms with Crippen LogP contribution in [0.3, 0.4) is 0 Å². The molecule has 10 nitrogen and oxygen atoms in total. The van der Waals surface area contributed by atoms with Crippen LogP contribution in [0.5, 0.6) is 0 Å². The van der Waals surface area contributed by atoms with Gasteiger partial charge >= 0.3 is 12.1 Å². The van der Waals surface area contributed by atoms with E-state index in [-0.39, 0.29) is 50.1 Å². The van der Waals surface area contributed by atoms with Gasteiger partial charge in [-0.15, -0.1) is 0 Å². The van der Waals surface area contributed by atoms with Gasteiger partial charge in [0.1, 0.15) is 12.3 Å². The van der Waals surface area contributed by atoms with Gasteiger partial charge in [0, 0.05) is 19.5 Å². The first kappa shape index (κ1) is 24.0. The van der Waals surface area contributed by atoms with Crippen molar-refractivity contribution in [2.75, 3.05) is 31.7 Å². The smallest absolute Gasteiger partial charge is 0.411 e. The molecule has 0 saturated carbocycles. The van der Waals surface area contributed by atoms with E-state index in [2.05, 4.69) is 27.9 Å². The second-order valence-corrected chi connectivity index (χ2v) is 7.99. The Labute approximate surface area is 201 Å². The van der Waals surface area contributed by atoms with E-state index in [1.165, 1.54) is 10.9 Å². The van der Waals surface area contributed by atoms with Crippen LogP contribution >= 0.6 is 0 Å². The third-order valence-corrected chi connectivity index (χ3v) is 5.73. The fourth-order valence-electron chi connectivity index (χ4n) is 4.12. The fraction of sp³-hybridized carbons (Fsp3) is 0.280. The molecular formula is C25H26N4O6. The van der Waals surface area contributed by atoms with Gasteiger partial charge in [0.05, 0.1) is 31.5 Å². The number of rotatable bonds is 10. The summed E-state index contributed by atoms with van der Waals surface area (Å²) in [7, 11) is 1.58. The number of benzene rings is 2. The number of aliphatic carboxylic acids is 1. The van der Waals surface area contributed by atoms with Gasteiger partial charge in [0.25, 0.3) is 5.91 Å². The molecule has 2 amide bonds. The summed E-state index contributed by atoms with van der Waals surface area (Å²) in [6.45, 7) is 0.543. The molecule has 0 atom stereocenters. The number of hydrogen-bond donors (Lipinski definition) is 3. The van der Waals surface area contributed by atoms with Crippen LogP contribution in [0.15, 0.2) is 54.7 Å². The maximum atomic E-state index is 12.6. The van der Waals surface area contributed by atoms with Crippen LogP contribution in [0.25, 0.3) is 11.1 Å². The first-order valence-electron chi connectivity index (χ1n) is 11.2. The summed E-state index contributed by atoms with van der Waals surface area (Å²) >= 11 is 0. The lowest BCUT2D eigenvalue weighted by atomic mass is 9.98. The average Bonchev–Trinajstić information content (AvgIpc) is 3.37. The minimum atomic E-state index is -0.951. The molecular weight excluding hydrogens is 452 g/mol. The second-order valence-electron chi connectivity index (χ2n) is 7.99. The van der Waals surface area contributed by atoms with Crippen LogP contribution in [0.1, 0.15) is 34.0 Å². The zero-order chi connectivity index (χ0) is 24.8. The molecule has 0 radical (unpaired) electrons. The van der Waals surface area contributed by atoms with Crippen LogP contribution in [0.2, 0.25) is 0 Å². The minimum absolute atomic E-state index is 0.0610. The summed E-state index contributed by atoms with van der Waals surface area (Å²) in [5.41, 5.74) is 4.85. The molecule has 0 bridgehead atoms. The predicted octanol–water partition coefficient (Wildman–Crippen LogP) is 3.00. The largest absolute Gasteiger partial charge is 0.481 e. The molecule has 0 fully saturated rings. The highest BCUT2D eigenvalue weighted by atomic mass is 16.5. The van der Waals surface area contributed by atoms with Crippen molar-refractivity contribution in [3.8, 4) is 11.1 Å². The van der Waals surface area contributed by atoms with Crippen LogP contribution in [-0.2, 0) is 21.3 Å². The van der Waals surface area contributed by atoms with Crippen molar-refractivity contribution in [2.45, 2.75) is 12.3 Å². The molecule has 4 rings (SSSR count). The third kappa shape index (κ3) is 5.49. The summed E-state index contributed by atoms with van der Waals surface area (Å²) in [5, 5.41) is 17.9. The number of ether oxygens (including phenoxy) is 2. The van der Waals surface area contributed by atoms with Crippen LogP contribution in [0.4, 0.5) is 10.5 Å². The summed E-state index contributed by atoms with van der Waals surface area (Å²) in [5.74, 6) is -1.49. The Kier molecular flexibility index (Phi) is 7.41. The number of fused-ring (bicyclic) bond motifs is 3. The van der Waals surface area contributed by atoms with Gasteiger partial charge < -0.3 is 19.9 Å². The van der Waals surface area contributed by atoms with Crippen LogP contribution < -0.4 is 10.6 Å². The number of hydrogen-bond acceptors (Lipinski definition) is 6. The Morgan fingerprint density at radius 3 is 2.34 bits per heavy atom. The van der Waals surface area contributed by atoms with E-state index in [4.69, 9.17) is 14.6 Å². The van der Waals surface area contributed by atoms with E-state index < -0.39 is 18.0 Å². The molecule has 3 aromatic rings. The molecule has 35 heavy (non-hydrogen) atoms. The fourth-order valence-corrected chi connectivity index (χ4v) is 4.12. The quantitative estimate of drug-likeness (QED) is 0.382. The number of anilines is 1. The van der Waals surface area contributed by atoms with E-state index in [1.54, 1.807) is 7.05 Å². The lowest BCUT2D eigenvalue weighted by molar-refractivity contribution is -0.138. The SMILES string of the molecule is Cn1ncc(NC(=O)OCC2c3ccccc3-c3ccccc32)c1C(=O)NCCOCCC(=O)O. The van der Waals surface area contributed by atoms with E-state index >= 15 is 0 Å². The number of aryl methyl sites for hydroxylation is 1. The van der Waals surface area contributed by atoms with E-state index in [0.29, 0.717) is 0 Å². The Hall–Kier alpha value is -4.18. The molecule has 0 spiro atoms. The Morgan fingerprint density at radius 2 is 1.69 bits per heavy atom. The van der Waals surface area contributed by atoms with Crippen molar-refractivity contribution in [1.29, 1.82) is 0 Å². The number of carbonyl (C=O) groups is 3. The van der Waals surface area contributed by atoms with Gasteiger partial charge in [0.15, 0.2) is 0 Å². The highest BCUT2D eigenvalue weighted by molar-refractivity contribution is 6.01. The highest BCUT2D eigenvalue weighted by Crippen LogP contribution is 2.44. The van der Waals surface area contributed by atoms with Gasteiger partial charge in [-0.3, -0.25) is 19.6 Å². The van der Waals surface area contributed by atoms with Gasteiger partial charge in [-0.1, -0.05) is 48.5 Å². The maximum absolute atomic E-state index is 12.6. The lowest BCUT2D eigenvalue weighted by Gasteiger charge is -2.14. The maximum Gasteiger partial charge on any atom is 0.411 e. The van der Waals surface area contributed by atoms with Gasteiger partial charge in [-0.2, -0.15) is 5.10 Å². The molecule has 2 aromatic carbocycles. The number of carbonyl (C=O) groups excluding carboxylic acids is 2. The normalized spacial score (nSPS) is 12.0. The molecule has 0 unspecified atom stereocenters. The molecule has 1 aliphatic rings. The van der Waals surface area contributed by atoms with Crippen molar-refractivity contribution in [3.63, 3.8) is 0 Å². The van der Waals surface area contributed by atoms with E-state index in [1.807, 2.05) is 36.4 Å². The highest BCUT2D eigenvalue weighted by Gasteiger charge is 2.29. The van der Waals surface area contributed by atoms with Crippen LogP contribution in [0, 0.1) is 0 Å². The molecule has 182 valence electrons. The zero-order valence-corrected chi connectivity index (χ0v) is 19.2. The standard InChI is InChI=1S/C25H26N4O6/c1-29-23(24(32)26-11-13-34-12-10-22(30)31)21(14-27-29)28-25(33)35-15-20-18-8-4-2-6-16(18)17-7-3-5-9-19(17)20/h2-9,14,20H,10-13,15H2,1H3,(H,26,32)(H,28,33)(H,30,31). The molecule has 0 aliphatic heterocycles. The number of aromatic nitrogens is 2. The summed E-state index contributed by atoms with van der Waals surface area (Å²) in [6.07, 6.45) is 0.578. The van der Waals surface area contributed by atoms with Gasteiger partial charge in [-0.05, 0) is 22.3 Å². The molecule has 1 heterocycles. The van der Waals surface area contributed by atoms with Crippen molar-refractivity contribution < 1.29 is 29.0 Å². The van der Waals surface area contributed by atoms with Gasteiger partial charge in [-0.25, -0.2) is 4.79 Å². The number of nitrogens with zero attached hydrogens (tertiary/aromatic N) is 2. The van der Waals surface area contributed by atoms with E-state index in [9.17, 15) is 14.4 Å². The van der Waals surface area contributed by atoms with E-state index in [0.717, 1.165) is 22.3 Å². The molecule has 10 heteroatoms. The molecule has 1 aliphatic carbocycles. The van der Waals surface area contributed by atoms with Crippen molar-refractivity contribution in [3.05, 3.63) is 71.5 Å². The Morgan fingerprint density at radius 1 is 1.03 bits per heavy atom. The van der Waals surface area contributed by atoms with Crippen molar-refractivity contribution >= 4 is 23.7 Å². The number of carboxylic acid groups (broad SMARTS) is 1. The number of nitrogens with one attached hydrogen (secondary N) is 2. The molecule has 3 N–H and O–H groups in total. The van der Waals surface area contributed by atoms with Crippen molar-refractivity contribution in [1.82, 2.24) is 15.1 Å². The zero-order valence-electron chi connectivity index (χ0n) is 19.2. The second kappa shape index (κ2) is 10.8. The minimum Gasteiger partial charge on any atom is -0.481 e. The summed E-state index contributed by atoms with van der Waals surface area (Å²) in [4.78, 5) is 35.7. The molecule has 0 saturated heterocycles.